The van der Waals surface area contributed by atoms with Crippen molar-refractivity contribution in [3.8, 4) is 5.88 Å². The molecule has 1 aromatic rings. The van der Waals surface area contributed by atoms with E-state index in [-0.39, 0.29) is 5.88 Å². The molecule has 1 saturated heterocycles. The summed E-state index contributed by atoms with van der Waals surface area (Å²) in [5.74, 6) is -0.0931. The third-order valence-electron chi connectivity index (χ3n) is 2.45. The average Bonchev–Trinajstić information content (AvgIpc) is 2.20. The zero-order valence-electron chi connectivity index (χ0n) is 7.57. The zero-order chi connectivity index (χ0) is 9.10. The number of aromatic nitrogens is 1. The zero-order valence-corrected chi connectivity index (χ0v) is 7.57. The third kappa shape index (κ3) is 1.74. The van der Waals surface area contributed by atoms with E-state index in [1.165, 1.54) is 19.3 Å². The first kappa shape index (κ1) is 8.35. The first-order valence-electron chi connectivity index (χ1n) is 4.75. The van der Waals surface area contributed by atoms with Crippen molar-refractivity contribution in [1.82, 2.24) is 4.98 Å². The van der Waals surface area contributed by atoms with Crippen LogP contribution in [-0.4, -0.2) is 18.1 Å². The number of nitrogens with zero attached hydrogens (tertiary/aromatic N) is 2. The second-order valence-corrected chi connectivity index (χ2v) is 3.38. The molecule has 0 saturated carbocycles. The molecule has 0 amide bonds. The van der Waals surface area contributed by atoms with Crippen LogP contribution in [0.1, 0.15) is 19.3 Å². The first-order chi connectivity index (χ1) is 6.38. The van der Waals surface area contributed by atoms with Crippen LogP contribution < -0.4 is 4.90 Å². The fourth-order valence-electron chi connectivity index (χ4n) is 1.76. The van der Waals surface area contributed by atoms with Crippen LogP contribution in [0, 0.1) is 0 Å². The minimum Gasteiger partial charge on any atom is -0.367 e. The van der Waals surface area contributed by atoms with Crippen molar-refractivity contribution in [3.63, 3.8) is 0 Å². The molecule has 0 N–H and O–H groups in total. The maximum atomic E-state index is 11.4. The number of pyridine rings is 1. The van der Waals surface area contributed by atoms with Crippen LogP contribution in [0.25, 0.3) is 0 Å². The molecule has 0 aromatic carbocycles. The smallest absolute Gasteiger partial charge is 0.293 e. The lowest BCUT2D eigenvalue weighted by atomic mass is 10.1. The van der Waals surface area contributed by atoms with Gasteiger partial charge < -0.3 is 4.90 Å². The van der Waals surface area contributed by atoms with E-state index in [1.54, 1.807) is 6.20 Å². The highest BCUT2D eigenvalue weighted by atomic mass is 16.3. The summed E-state index contributed by atoms with van der Waals surface area (Å²) in [7, 11) is 0. The predicted molar refractivity (Wildman–Crippen MR) is 50.4 cm³/mol. The minimum absolute atomic E-state index is 0.0931. The fraction of sp³-hybridized carbons (Fsp3) is 0.500. The van der Waals surface area contributed by atoms with Crippen molar-refractivity contribution < 1.29 is 5.11 Å². The second kappa shape index (κ2) is 3.64. The molecule has 0 aliphatic carbocycles. The summed E-state index contributed by atoms with van der Waals surface area (Å²) >= 11 is 0. The molecule has 2 heterocycles. The molecule has 1 radical (unpaired) electrons. The van der Waals surface area contributed by atoms with Crippen LogP contribution in [-0.2, 0) is 5.11 Å². The molecule has 0 bridgehead atoms. The van der Waals surface area contributed by atoms with Gasteiger partial charge in [0.15, 0.2) is 0 Å². The van der Waals surface area contributed by atoms with E-state index in [4.69, 9.17) is 0 Å². The first-order valence-corrected chi connectivity index (χ1v) is 4.75. The quantitative estimate of drug-likeness (QED) is 0.659. The fourth-order valence-corrected chi connectivity index (χ4v) is 1.76. The summed E-state index contributed by atoms with van der Waals surface area (Å²) in [5.41, 5.74) is 0.766. The van der Waals surface area contributed by atoms with Gasteiger partial charge in [-0.25, -0.2) is 4.98 Å². The number of piperidine rings is 1. The summed E-state index contributed by atoms with van der Waals surface area (Å²) in [4.78, 5) is 5.89. The molecular formula is C10H13N2O. The molecule has 13 heavy (non-hydrogen) atoms. The molecule has 2 rings (SSSR count). The lowest BCUT2D eigenvalue weighted by Crippen LogP contribution is -2.29. The van der Waals surface area contributed by atoms with Crippen molar-refractivity contribution in [2.75, 3.05) is 18.0 Å². The van der Waals surface area contributed by atoms with Gasteiger partial charge in [0.2, 0.25) is 0 Å². The van der Waals surface area contributed by atoms with Crippen molar-refractivity contribution >= 4 is 5.69 Å². The maximum absolute atomic E-state index is 11.4. The van der Waals surface area contributed by atoms with E-state index in [1.807, 2.05) is 12.1 Å². The Labute approximate surface area is 78.0 Å². The molecule has 0 spiro atoms. The van der Waals surface area contributed by atoms with Crippen LogP contribution in [0.2, 0.25) is 0 Å². The Hall–Kier alpha value is -1.25. The van der Waals surface area contributed by atoms with E-state index in [9.17, 15) is 5.11 Å². The molecule has 1 aliphatic rings. The Kier molecular flexibility index (Phi) is 2.34. The van der Waals surface area contributed by atoms with Crippen LogP contribution in [0.15, 0.2) is 18.3 Å². The standard InChI is InChI=1S/C10H13N2O/c13-10-9(5-4-6-11-10)12-7-2-1-3-8-12/h4-6H,1-3,7-8H2. The predicted octanol–water partition coefficient (Wildman–Crippen LogP) is 2.22. The van der Waals surface area contributed by atoms with E-state index in [0.29, 0.717) is 0 Å². The van der Waals surface area contributed by atoms with Gasteiger partial charge >= 0.3 is 0 Å². The lowest BCUT2D eigenvalue weighted by Gasteiger charge is -2.28. The molecule has 1 aliphatic heterocycles. The number of hydrogen-bond acceptors (Lipinski definition) is 2. The molecule has 1 aromatic heterocycles. The Morgan fingerprint density at radius 1 is 1.23 bits per heavy atom. The molecule has 1 fully saturated rings. The van der Waals surface area contributed by atoms with Crippen molar-refractivity contribution in [2.24, 2.45) is 0 Å². The summed E-state index contributed by atoms with van der Waals surface area (Å²) in [6, 6.07) is 3.69. The van der Waals surface area contributed by atoms with E-state index < -0.39 is 0 Å². The Morgan fingerprint density at radius 2 is 2.00 bits per heavy atom. The Morgan fingerprint density at radius 3 is 2.69 bits per heavy atom. The van der Waals surface area contributed by atoms with Crippen molar-refractivity contribution in [1.29, 1.82) is 0 Å². The second-order valence-electron chi connectivity index (χ2n) is 3.38. The number of rotatable bonds is 1. The third-order valence-corrected chi connectivity index (χ3v) is 2.45. The van der Waals surface area contributed by atoms with Gasteiger partial charge in [0.25, 0.3) is 5.88 Å². The summed E-state index contributed by atoms with van der Waals surface area (Å²) in [6.07, 6.45) is 5.21. The van der Waals surface area contributed by atoms with E-state index in [2.05, 4.69) is 9.88 Å². The van der Waals surface area contributed by atoms with Crippen LogP contribution in [0.5, 0.6) is 5.88 Å². The van der Waals surface area contributed by atoms with Gasteiger partial charge in [-0.2, -0.15) is 0 Å². The van der Waals surface area contributed by atoms with Gasteiger partial charge in [0.05, 0.1) is 0 Å². The summed E-state index contributed by atoms with van der Waals surface area (Å²) in [5, 5.41) is 11.4. The number of hydrogen-bond donors (Lipinski definition) is 0. The van der Waals surface area contributed by atoms with Gasteiger partial charge in [-0.1, -0.05) is 0 Å². The van der Waals surface area contributed by atoms with Crippen LogP contribution in [0.3, 0.4) is 0 Å². The highest BCUT2D eigenvalue weighted by Gasteiger charge is 2.14. The molecule has 0 atom stereocenters. The topological polar surface area (TPSA) is 36.0 Å². The summed E-state index contributed by atoms with van der Waals surface area (Å²) in [6.45, 7) is 2.00. The molecule has 0 unspecified atom stereocenters. The van der Waals surface area contributed by atoms with Crippen molar-refractivity contribution in [2.45, 2.75) is 19.3 Å². The molecular weight excluding hydrogens is 164 g/mol. The summed E-state index contributed by atoms with van der Waals surface area (Å²) < 4.78 is 0. The van der Waals surface area contributed by atoms with E-state index >= 15 is 0 Å². The highest BCUT2D eigenvalue weighted by molar-refractivity contribution is 5.53. The van der Waals surface area contributed by atoms with Crippen LogP contribution in [0.4, 0.5) is 5.69 Å². The molecule has 3 nitrogen and oxygen atoms in total. The lowest BCUT2D eigenvalue weighted by molar-refractivity contribution is 0.336. The van der Waals surface area contributed by atoms with Crippen LogP contribution >= 0.6 is 0 Å². The van der Waals surface area contributed by atoms with Gasteiger partial charge in [0, 0.05) is 19.3 Å². The largest absolute Gasteiger partial charge is 0.367 e. The Balaban J connectivity index is 2.18. The van der Waals surface area contributed by atoms with Gasteiger partial charge in [-0.05, 0) is 31.4 Å². The Bertz CT molecular complexity index is 282. The number of anilines is 1. The highest BCUT2D eigenvalue weighted by Crippen LogP contribution is 2.26. The average molecular weight is 177 g/mol. The molecule has 69 valence electrons. The van der Waals surface area contributed by atoms with Gasteiger partial charge in [-0.3, -0.25) is 5.11 Å². The van der Waals surface area contributed by atoms with Gasteiger partial charge in [-0.15, -0.1) is 0 Å². The SMILES string of the molecule is [O]c1ncccc1N1CCCCC1. The van der Waals surface area contributed by atoms with Crippen molar-refractivity contribution in [3.05, 3.63) is 18.3 Å². The monoisotopic (exact) mass is 177 g/mol. The van der Waals surface area contributed by atoms with E-state index in [0.717, 1.165) is 18.8 Å². The molecule has 3 heteroatoms. The minimum atomic E-state index is -0.0931. The maximum Gasteiger partial charge on any atom is 0.293 e. The normalized spacial score (nSPS) is 17.4. The van der Waals surface area contributed by atoms with Gasteiger partial charge in [0.1, 0.15) is 5.69 Å².